The molecule has 1 aromatic rings. The number of amides is 1. The van der Waals surface area contributed by atoms with Crippen molar-refractivity contribution < 1.29 is 13.2 Å². The number of aryl methyl sites for hydroxylation is 2. The number of halogens is 1. The van der Waals surface area contributed by atoms with Crippen LogP contribution < -0.4 is 16.0 Å². The second kappa shape index (κ2) is 11.6. The molecule has 1 unspecified atom stereocenters. The smallest absolute Gasteiger partial charge is 0.222 e. The minimum absolute atomic E-state index is 0. The molecule has 1 atom stereocenters. The molecule has 1 aliphatic rings. The quantitative estimate of drug-likeness (QED) is 0.285. The fourth-order valence-corrected chi connectivity index (χ4v) is 4.94. The fourth-order valence-electron chi connectivity index (χ4n) is 3.26. The van der Waals surface area contributed by atoms with Crippen molar-refractivity contribution in [3.05, 3.63) is 34.9 Å². The van der Waals surface area contributed by atoms with Crippen LogP contribution in [0.1, 0.15) is 29.5 Å². The van der Waals surface area contributed by atoms with Crippen LogP contribution in [0.3, 0.4) is 0 Å². The lowest BCUT2D eigenvalue weighted by atomic mass is 10.1. The first kappa shape index (κ1) is 24.7. The number of guanidine groups is 1. The van der Waals surface area contributed by atoms with Crippen LogP contribution in [0.4, 0.5) is 0 Å². The zero-order chi connectivity index (χ0) is 19.9. The Hall–Kier alpha value is -1.36. The Morgan fingerprint density at radius 2 is 1.79 bits per heavy atom. The second-order valence-electron chi connectivity index (χ2n) is 7.09. The molecule has 28 heavy (non-hydrogen) atoms. The molecule has 1 saturated heterocycles. The zero-order valence-corrected chi connectivity index (χ0v) is 19.9. The SMILES string of the molecule is CN=C(NCCC(=O)NC1CCS(=O)(=O)C1)NCCc1cc(C)cc(C)c1.I. The summed E-state index contributed by atoms with van der Waals surface area (Å²) in [6.07, 6.45) is 1.66. The predicted molar refractivity (Wildman–Crippen MR) is 124 cm³/mol. The van der Waals surface area contributed by atoms with Gasteiger partial charge in [0.05, 0.1) is 11.5 Å². The van der Waals surface area contributed by atoms with E-state index in [0.717, 1.165) is 13.0 Å². The number of hydrogen-bond donors (Lipinski definition) is 3. The van der Waals surface area contributed by atoms with Crippen LogP contribution in [-0.4, -0.2) is 58.0 Å². The summed E-state index contributed by atoms with van der Waals surface area (Å²) in [7, 11) is -1.29. The summed E-state index contributed by atoms with van der Waals surface area (Å²) in [4.78, 5) is 16.1. The number of carbonyl (C=O) groups excluding carboxylic acids is 1. The molecular weight excluding hydrogens is 491 g/mol. The van der Waals surface area contributed by atoms with Gasteiger partial charge in [0.1, 0.15) is 0 Å². The normalized spacial score (nSPS) is 18.2. The molecule has 2 rings (SSSR count). The van der Waals surface area contributed by atoms with E-state index < -0.39 is 9.84 Å². The molecule has 0 saturated carbocycles. The van der Waals surface area contributed by atoms with Crippen LogP contribution in [0.15, 0.2) is 23.2 Å². The molecule has 1 fully saturated rings. The highest BCUT2D eigenvalue weighted by molar-refractivity contribution is 14.0. The summed E-state index contributed by atoms with van der Waals surface area (Å²) >= 11 is 0. The molecule has 0 bridgehead atoms. The number of nitrogens with zero attached hydrogens (tertiary/aromatic N) is 1. The number of benzene rings is 1. The fraction of sp³-hybridized carbons (Fsp3) is 0.579. The highest BCUT2D eigenvalue weighted by Gasteiger charge is 2.28. The largest absolute Gasteiger partial charge is 0.356 e. The lowest BCUT2D eigenvalue weighted by Crippen LogP contribution is -2.41. The number of aliphatic imine (C=N–C) groups is 1. The average Bonchev–Trinajstić information content (AvgIpc) is 2.91. The van der Waals surface area contributed by atoms with Crippen molar-refractivity contribution in [3.63, 3.8) is 0 Å². The van der Waals surface area contributed by atoms with Crippen molar-refractivity contribution in [2.75, 3.05) is 31.6 Å². The topological polar surface area (TPSA) is 99.7 Å². The first-order chi connectivity index (χ1) is 12.8. The standard InChI is InChI=1S/C19H30N4O3S.HI/c1-14-10-15(2)12-16(11-14)4-7-21-19(20-3)22-8-5-18(24)23-17-6-9-27(25,26)13-17;/h10-12,17H,4-9,13H2,1-3H3,(H,23,24)(H2,20,21,22);1H. The van der Waals surface area contributed by atoms with Crippen molar-refractivity contribution in [1.82, 2.24) is 16.0 Å². The maximum absolute atomic E-state index is 11.9. The number of nitrogens with one attached hydrogen (secondary N) is 3. The third kappa shape index (κ3) is 8.76. The summed E-state index contributed by atoms with van der Waals surface area (Å²) < 4.78 is 22.8. The Morgan fingerprint density at radius 3 is 2.36 bits per heavy atom. The van der Waals surface area contributed by atoms with Crippen molar-refractivity contribution >= 4 is 45.7 Å². The van der Waals surface area contributed by atoms with E-state index in [0.29, 0.717) is 18.9 Å². The average molecular weight is 522 g/mol. The Bertz CT molecular complexity index is 776. The molecule has 0 aliphatic carbocycles. The Kier molecular flexibility index (Phi) is 10.2. The lowest BCUT2D eigenvalue weighted by molar-refractivity contribution is -0.121. The van der Waals surface area contributed by atoms with E-state index in [9.17, 15) is 13.2 Å². The van der Waals surface area contributed by atoms with Gasteiger partial charge in [-0.15, -0.1) is 24.0 Å². The molecule has 7 nitrogen and oxygen atoms in total. The molecule has 9 heteroatoms. The van der Waals surface area contributed by atoms with Gasteiger partial charge in [-0.1, -0.05) is 29.3 Å². The third-order valence-corrected chi connectivity index (χ3v) is 6.22. The van der Waals surface area contributed by atoms with E-state index in [2.05, 4.69) is 53.0 Å². The van der Waals surface area contributed by atoms with E-state index >= 15 is 0 Å². The highest BCUT2D eigenvalue weighted by Crippen LogP contribution is 2.11. The molecule has 158 valence electrons. The Labute approximate surface area is 185 Å². The lowest BCUT2D eigenvalue weighted by Gasteiger charge is -2.14. The third-order valence-electron chi connectivity index (χ3n) is 4.45. The van der Waals surface area contributed by atoms with Gasteiger partial charge in [0.2, 0.25) is 5.91 Å². The summed E-state index contributed by atoms with van der Waals surface area (Å²) in [5.74, 6) is 0.715. The van der Waals surface area contributed by atoms with Crippen molar-refractivity contribution in [3.8, 4) is 0 Å². The van der Waals surface area contributed by atoms with E-state index in [-0.39, 0.29) is 53.9 Å². The minimum Gasteiger partial charge on any atom is -0.356 e. The van der Waals surface area contributed by atoms with Gasteiger partial charge in [-0.2, -0.15) is 0 Å². The van der Waals surface area contributed by atoms with Crippen LogP contribution in [0.2, 0.25) is 0 Å². The summed E-state index contributed by atoms with van der Waals surface area (Å²) in [5.41, 5.74) is 3.79. The molecule has 3 N–H and O–H groups in total. The van der Waals surface area contributed by atoms with E-state index in [1.165, 1.54) is 16.7 Å². The summed E-state index contributed by atoms with van der Waals surface area (Å²) in [6, 6.07) is 6.26. The first-order valence-electron chi connectivity index (χ1n) is 9.29. The molecule has 1 amide bonds. The Balaban J connectivity index is 0.00000392. The molecule has 0 aromatic heterocycles. The maximum atomic E-state index is 11.9. The number of hydrogen-bond acceptors (Lipinski definition) is 4. The monoisotopic (exact) mass is 522 g/mol. The van der Waals surface area contributed by atoms with E-state index in [4.69, 9.17) is 0 Å². The first-order valence-corrected chi connectivity index (χ1v) is 11.1. The van der Waals surface area contributed by atoms with Crippen LogP contribution in [-0.2, 0) is 21.1 Å². The molecule has 1 aliphatic heterocycles. The molecule has 1 heterocycles. The maximum Gasteiger partial charge on any atom is 0.222 e. The van der Waals surface area contributed by atoms with E-state index in [1.807, 2.05) is 0 Å². The zero-order valence-electron chi connectivity index (χ0n) is 16.7. The van der Waals surface area contributed by atoms with Gasteiger partial charge in [-0.3, -0.25) is 9.79 Å². The predicted octanol–water partition coefficient (Wildman–Crippen LogP) is 1.32. The van der Waals surface area contributed by atoms with Gasteiger partial charge in [0.25, 0.3) is 0 Å². The summed E-state index contributed by atoms with van der Waals surface area (Å²) in [5, 5.41) is 9.14. The number of sulfone groups is 1. The van der Waals surface area contributed by atoms with Crippen molar-refractivity contribution in [1.29, 1.82) is 0 Å². The molecular formula is C19H31IN4O3S. The van der Waals surface area contributed by atoms with Crippen molar-refractivity contribution in [2.45, 2.75) is 39.2 Å². The van der Waals surface area contributed by atoms with Crippen LogP contribution in [0.25, 0.3) is 0 Å². The molecule has 0 radical (unpaired) electrons. The minimum atomic E-state index is -2.98. The number of carbonyl (C=O) groups is 1. The second-order valence-corrected chi connectivity index (χ2v) is 9.32. The highest BCUT2D eigenvalue weighted by atomic mass is 127. The van der Waals surface area contributed by atoms with Crippen molar-refractivity contribution in [2.24, 2.45) is 4.99 Å². The number of rotatable bonds is 7. The van der Waals surface area contributed by atoms with Gasteiger partial charge in [0, 0.05) is 32.6 Å². The van der Waals surface area contributed by atoms with Crippen LogP contribution in [0, 0.1) is 13.8 Å². The Morgan fingerprint density at radius 1 is 1.14 bits per heavy atom. The van der Waals surface area contributed by atoms with Gasteiger partial charge in [-0.25, -0.2) is 8.42 Å². The molecule has 0 spiro atoms. The van der Waals surface area contributed by atoms with Gasteiger partial charge < -0.3 is 16.0 Å². The van der Waals surface area contributed by atoms with Crippen LogP contribution in [0.5, 0.6) is 0 Å². The van der Waals surface area contributed by atoms with E-state index in [1.54, 1.807) is 7.05 Å². The van der Waals surface area contributed by atoms with Gasteiger partial charge in [-0.05, 0) is 32.3 Å². The van der Waals surface area contributed by atoms with Gasteiger partial charge in [0.15, 0.2) is 15.8 Å². The molecule has 1 aromatic carbocycles. The summed E-state index contributed by atoms with van der Waals surface area (Å²) in [6.45, 7) is 5.37. The van der Waals surface area contributed by atoms with Gasteiger partial charge >= 0.3 is 0 Å². The van der Waals surface area contributed by atoms with Crippen LogP contribution >= 0.6 is 24.0 Å².